The third kappa shape index (κ3) is 3.44. The van der Waals surface area contributed by atoms with Crippen LogP contribution in [0, 0.1) is 6.92 Å². The fourth-order valence-electron chi connectivity index (χ4n) is 2.49. The van der Waals surface area contributed by atoms with Crippen molar-refractivity contribution in [3.05, 3.63) is 59.4 Å². The van der Waals surface area contributed by atoms with Crippen molar-refractivity contribution in [1.29, 1.82) is 0 Å². The van der Waals surface area contributed by atoms with Gasteiger partial charge in [0.05, 0.1) is 24.8 Å². The molecule has 3 rings (SSSR count). The lowest BCUT2D eigenvalue weighted by Gasteiger charge is -2.02. The molecule has 8 nitrogen and oxygen atoms in total. The Morgan fingerprint density at radius 2 is 2.00 bits per heavy atom. The van der Waals surface area contributed by atoms with E-state index in [4.69, 9.17) is 9.84 Å². The predicted octanol–water partition coefficient (Wildman–Crippen LogP) is 3.47. The molecule has 0 amide bonds. The molecule has 0 aliphatic rings. The van der Waals surface area contributed by atoms with E-state index in [9.17, 15) is 9.59 Å². The molecule has 0 saturated carbocycles. The number of carboxylic acids is 1. The molecule has 0 atom stereocenters. The number of aryl methyl sites for hydroxylation is 1. The summed E-state index contributed by atoms with van der Waals surface area (Å²) in [5, 5.41) is 17.4. The minimum Gasteiger partial charge on any atom is -0.481 e. The van der Waals surface area contributed by atoms with E-state index in [0.29, 0.717) is 22.8 Å². The lowest BCUT2D eigenvalue weighted by atomic mass is 10.2. The summed E-state index contributed by atoms with van der Waals surface area (Å²) >= 11 is 0. The smallest absolute Gasteiger partial charge is 0.340 e. The number of nitrogens with zero attached hydrogens (tertiary/aromatic N) is 4. The van der Waals surface area contributed by atoms with Crippen molar-refractivity contribution in [3.63, 3.8) is 0 Å². The first-order valence-corrected chi connectivity index (χ1v) is 7.78. The van der Waals surface area contributed by atoms with E-state index in [1.54, 1.807) is 34.9 Å². The number of aromatic nitrogens is 2. The molecular formula is C18H16N4O4. The average Bonchev–Trinajstić information content (AvgIpc) is 2.94. The number of imidazole rings is 1. The van der Waals surface area contributed by atoms with Crippen molar-refractivity contribution in [1.82, 2.24) is 9.38 Å². The van der Waals surface area contributed by atoms with Gasteiger partial charge in [-0.05, 0) is 36.8 Å². The minimum atomic E-state index is -1.02. The number of rotatable bonds is 5. The Labute approximate surface area is 148 Å². The molecule has 0 radical (unpaired) electrons. The summed E-state index contributed by atoms with van der Waals surface area (Å²) in [6.07, 6.45) is 1.47. The second-order valence-electron chi connectivity index (χ2n) is 5.59. The quantitative estimate of drug-likeness (QED) is 0.559. The number of hydrogen-bond donors (Lipinski definition) is 1. The predicted molar refractivity (Wildman–Crippen MR) is 93.2 cm³/mol. The zero-order valence-electron chi connectivity index (χ0n) is 14.2. The van der Waals surface area contributed by atoms with Crippen LogP contribution in [0.4, 0.5) is 11.5 Å². The largest absolute Gasteiger partial charge is 0.481 e. The Bertz CT molecular complexity index is 1020. The second kappa shape index (κ2) is 7.14. The fourth-order valence-corrected chi connectivity index (χ4v) is 2.49. The van der Waals surface area contributed by atoms with Crippen LogP contribution in [0.1, 0.15) is 21.6 Å². The molecule has 0 spiro atoms. The summed E-state index contributed by atoms with van der Waals surface area (Å²) in [7, 11) is 1.29. The van der Waals surface area contributed by atoms with Crippen LogP contribution in [0.15, 0.2) is 52.8 Å². The molecule has 0 bridgehead atoms. The molecule has 0 aliphatic heterocycles. The molecule has 1 N–H and O–H groups in total. The number of ether oxygens (including phenoxy) is 1. The van der Waals surface area contributed by atoms with E-state index < -0.39 is 11.9 Å². The molecule has 1 aromatic carbocycles. The zero-order valence-corrected chi connectivity index (χ0v) is 14.2. The van der Waals surface area contributed by atoms with Crippen molar-refractivity contribution in [3.8, 4) is 0 Å². The summed E-state index contributed by atoms with van der Waals surface area (Å²) < 4.78 is 6.40. The Balaban J connectivity index is 2.09. The van der Waals surface area contributed by atoms with Crippen molar-refractivity contribution in [2.75, 3.05) is 7.11 Å². The van der Waals surface area contributed by atoms with E-state index >= 15 is 0 Å². The lowest BCUT2D eigenvalue weighted by molar-refractivity contribution is -0.136. The molecule has 2 aromatic heterocycles. The van der Waals surface area contributed by atoms with E-state index in [1.807, 2.05) is 19.1 Å². The van der Waals surface area contributed by atoms with Crippen LogP contribution in [-0.4, -0.2) is 33.5 Å². The van der Waals surface area contributed by atoms with Gasteiger partial charge in [-0.1, -0.05) is 12.1 Å². The van der Waals surface area contributed by atoms with Crippen LogP contribution < -0.4 is 0 Å². The Hall–Kier alpha value is -3.55. The van der Waals surface area contributed by atoms with Crippen LogP contribution >= 0.6 is 0 Å². The van der Waals surface area contributed by atoms with E-state index in [2.05, 4.69) is 15.2 Å². The summed E-state index contributed by atoms with van der Waals surface area (Å²) in [5.74, 6) is -1.24. The first-order valence-electron chi connectivity index (χ1n) is 7.78. The second-order valence-corrected chi connectivity index (χ2v) is 5.59. The van der Waals surface area contributed by atoms with Gasteiger partial charge < -0.3 is 9.84 Å². The lowest BCUT2D eigenvalue weighted by Crippen LogP contribution is -2.01. The molecule has 3 aromatic rings. The maximum absolute atomic E-state index is 11.8. The monoisotopic (exact) mass is 352 g/mol. The van der Waals surface area contributed by atoms with Crippen LogP contribution in [0.5, 0.6) is 0 Å². The highest BCUT2D eigenvalue weighted by molar-refractivity contribution is 5.94. The van der Waals surface area contributed by atoms with Gasteiger partial charge in [0.25, 0.3) is 0 Å². The molecular weight excluding hydrogens is 336 g/mol. The first-order chi connectivity index (χ1) is 12.5. The number of carbonyl (C=O) groups is 2. The van der Waals surface area contributed by atoms with Gasteiger partial charge in [0.1, 0.15) is 11.3 Å². The van der Waals surface area contributed by atoms with Crippen LogP contribution in [0.2, 0.25) is 0 Å². The molecule has 2 heterocycles. The van der Waals surface area contributed by atoms with Gasteiger partial charge in [0.15, 0.2) is 5.82 Å². The average molecular weight is 352 g/mol. The Morgan fingerprint density at radius 1 is 1.23 bits per heavy atom. The number of azo groups is 1. The topological polar surface area (TPSA) is 106 Å². The fraction of sp³-hybridized carbons (Fsp3) is 0.167. The Morgan fingerprint density at radius 3 is 2.73 bits per heavy atom. The van der Waals surface area contributed by atoms with Gasteiger partial charge in [-0.3, -0.25) is 9.20 Å². The molecule has 0 fully saturated rings. The first kappa shape index (κ1) is 17.3. The SMILES string of the molecule is COC(=O)c1ccccc1N=Nc1c(CC(=O)O)nc2cc(C)ccn12. The maximum Gasteiger partial charge on any atom is 0.340 e. The normalized spacial score (nSPS) is 11.2. The van der Waals surface area contributed by atoms with Crippen molar-refractivity contribution >= 4 is 29.1 Å². The number of hydrogen-bond acceptors (Lipinski definition) is 6. The third-order valence-corrected chi connectivity index (χ3v) is 3.71. The van der Waals surface area contributed by atoms with Gasteiger partial charge in [0, 0.05) is 6.20 Å². The highest BCUT2D eigenvalue weighted by atomic mass is 16.5. The zero-order chi connectivity index (χ0) is 18.7. The number of fused-ring (bicyclic) bond motifs is 1. The van der Waals surface area contributed by atoms with Crippen LogP contribution in [0.3, 0.4) is 0 Å². The highest BCUT2D eigenvalue weighted by Gasteiger charge is 2.16. The number of carbonyl (C=O) groups excluding carboxylic acids is 1. The van der Waals surface area contributed by atoms with E-state index in [1.165, 1.54) is 7.11 Å². The Kier molecular flexibility index (Phi) is 4.74. The molecule has 8 heteroatoms. The summed E-state index contributed by atoms with van der Waals surface area (Å²) in [5.41, 5.74) is 2.45. The molecule has 0 unspecified atom stereocenters. The number of pyridine rings is 1. The minimum absolute atomic E-state index is 0.267. The molecule has 0 saturated heterocycles. The van der Waals surface area contributed by atoms with Gasteiger partial charge in [-0.2, -0.15) is 0 Å². The summed E-state index contributed by atoms with van der Waals surface area (Å²) in [6, 6.07) is 10.3. The van der Waals surface area contributed by atoms with Crippen LogP contribution in [0.25, 0.3) is 5.65 Å². The van der Waals surface area contributed by atoms with E-state index in [-0.39, 0.29) is 12.0 Å². The number of methoxy groups -OCH3 is 1. The van der Waals surface area contributed by atoms with Crippen molar-refractivity contribution in [2.45, 2.75) is 13.3 Å². The van der Waals surface area contributed by atoms with Gasteiger partial charge in [-0.15, -0.1) is 10.2 Å². The number of esters is 1. The summed E-state index contributed by atoms with van der Waals surface area (Å²) in [6.45, 7) is 1.92. The van der Waals surface area contributed by atoms with Crippen molar-refractivity contribution in [2.24, 2.45) is 10.2 Å². The molecule has 132 valence electrons. The number of carboxylic acid groups (broad SMARTS) is 1. The van der Waals surface area contributed by atoms with Gasteiger partial charge in [0.2, 0.25) is 0 Å². The summed E-state index contributed by atoms with van der Waals surface area (Å²) in [4.78, 5) is 27.3. The van der Waals surface area contributed by atoms with E-state index in [0.717, 1.165) is 5.56 Å². The molecule has 26 heavy (non-hydrogen) atoms. The van der Waals surface area contributed by atoms with Crippen LogP contribution in [-0.2, 0) is 16.0 Å². The highest BCUT2D eigenvalue weighted by Crippen LogP contribution is 2.27. The maximum atomic E-state index is 11.8. The standard InChI is InChI=1S/C18H16N4O4/c1-11-7-8-22-15(9-11)19-14(10-16(23)24)17(22)21-20-13-6-4-3-5-12(13)18(25)26-2/h3-9H,10H2,1-2H3,(H,23,24). The van der Waals surface area contributed by atoms with Gasteiger partial charge in [-0.25, -0.2) is 9.78 Å². The third-order valence-electron chi connectivity index (χ3n) is 3.71. The number of aliphatic carboxylic acids is 1. The van der Waals surface area contributed by atoms with Gasteiger partial charge >= 0.3 is 11.9 Å². The number of benzene rings is 1. The molecule has 0 aliphatic carbocycles. The van der Waals surface area contributed by atoms with Crippen molar-refractivity contribution < 1.29 is 19.4 Å².